The molecule has 35 heavy (non-hydrogen) atoms. The van der Waals surface area contributed by atoms with Gasteiger partial charge in [0.25, 0.3) is 0 Å². The van der Waals surface area contributed by atoms with Crippen molar-refractivity contribution in [2.45, 2.75) is 69.4 Å². The van der Waals surface area contributed by atoms with Crippen molar-refractivity contribution < 1.29 is 24.2 Å². The highest BCUT2D eigenvalue weighted by atomic mass is 16.5. The molecule has 2 bridgehead atoms. The highest BCUT2D eigenvalue weighted by molar-refractivity contribution is 5.80. The molecule has 2 aromatic carbocycles. The molecular weight excluding hydrogens is 444 g/mol. The zero-order valence-electron chi connectivity index (χ0n) is 20.0. The van der Waals surface area contributed by atoms with Gasteiger partial charge in [-0.3, -0.25) is 9.59 Å². The molecule has 3 saturated carbocycles. The zero-order chi connectivity index (χ0) is 24.6. The number of rotatable bonds is 7. The second-order valence-corrected chi connectivity index (χ2v) is 10.5. The average Bonchev–Trinajstić information content (AvgIpc) is 3.17. The number of amides is 2. The van der Waals surface area contributed by atoms with E-state index < -0.39 is 17.5 Å². The summed E-state index contributed by atoms with van der Waals surface area (Å²) in [7, 11) is 0. The summed E-state index contributed by atoms with van der Waals surface area (Å²) in [5.41, 5.74) is 3.74. The first-order chi connectivity index (χ1) is 16.8. The fraction of sp³-hybridized carbons (Fsp3) is 0.464. The Balaban J connectivity index is 1.11. The average molecular weight is 477 g/mol. The van der Waals surface area contributed by atoms with Gasteiger partial charge in [-0.1, -0.05) is 48.5 Å². The van der Waals surface area contributed by atoms with E-state index in [4.69, 9.17) is 4.74 Å². The van der Waals surface area contributed by atoms with Crippen LogP contribution in [0.2, 0.25) is 0 Å². The first-order valence-corrected chi connectivity index (χ1v) is 12.5. The summed E-state index contributed by atoms with van der Waals surface area (Å²) in [6, 6.07) is 16.0. The Hall–Kier alpha value is -3.35. The molecule has 0 heterocycles. The third-order valence-corrected chi connectivity index (χ3v) is 8.30. The van der Waals surface area contributed by atoms with Gasteiger partial charge in [-0.25, -0.2) is 4.79 Å². The van der Waals surface area contributed by atoms with E-state index in [1.165, 1.54) is 11.1 Å². The number of nitrogens with one attached hydrogen (secondary N) is 2. The molecule has 2 aromatic rings. The Labute approximate surface area is 205 Å². The number of hydrogen-bond acceptors (Lipinski definition) is 4. The van der Waals surface area contributed by atoms with Gasteiger partial charge in [-0.2, -0.15) is 0 Å². The second-order valence-electron chi connectivity index (χ2n) is 10.5. The Morgan fingerprint density at radius 1 is 0.943 bits per heavy atom. The summed E-state index contributed by atoms with van der Waals surface area (Å²) in [5.74, 6) is -0.847. The fourth-order valence-corrected chi connectivity index (χ4v) is 6.21. The summed E-state index contributed by atoms with van der Waals surface area (Å²) in [5, 5.41) is 15.5. The highest BCUT2D eigenvalue weighted by Gasteiger charge is 2.53. The molecule has 0 unspecified atom stereocenters. The minimum absolute atomic E-state index is 0.0126. The number of carbonyl (C=O) groups is 3. The van der Waals surface area contributed by atoms with Gasteiger partial charge in [-0.05, 0) is 67.7 Å². The SMILES string of the molecule is C[C@H](CC(=O)NC12CCC(C(=O)O)(CC1)CC2)NC(=O)OCC1c2ccccc2-c2ccccc21. The molecule has 6 rings (SSSR count). The first-order valence-electron chi connectivity index (χ1n) is 12.5. The van der Waals surface area contributed by atoms with Crippen molar-refractivity contribution in [3.63, 3.8) is 0 Å². The van der Waals surface area contributed by atoms with Crippen LogP contribution in [-0.4, -0.2) is 41.3 Å². The maximum Gasteiger partial charge on any atom is 0.407 e. The number of alkyl carbamates (subject to hydrolysis) is 1. The smallest absolute Gasteiger partial charge is 0.407 e. The van der Waals surface area contributed by atoms with Crippen LogP contribution in [0.3, 0.4) is 0 Å². The summed E-state index contributed by atoms with van der Waals surface area (Å²) >= 11 is 0. The number of fused-ring (bicyclic) bond motifs is 6. The van der Waals surface area contributed by atoms with E-state index in [1.54, 1.807) is 6.92 Å². The Kier molecular flexibility index (Phi) is 6.03. The Bertz CT molecular complexity index is 1090. The maximum absolute atomic E-state index is 12.7. The molecule has 0 radical (unpaired) electrons. The minimum Gasteiger partial charge on any atom is -0.481 e. The molecule has 0 saturated heterocycles. The van der Waals surface area contributed by atoms with E-state index in [9.17, 15) is 19.5 Å². The van der Waals surface area contributed by atoms with E-state index in [-0.39, 0.29) is 36.4 Å². The molecule has 184 valence electrons. The largest absolute Gasteiger partial charge is 0.481 e. The lowest BCUT2D eigenvalue weighted by molar-refractivity contribution is -0.157. The first kappa shape index (κ1) is 23.4. The number of carbonyl (C=O) groups excluding carboxylic acids is 2. The van der Waals surface area contributed by atoms with Crippen LogP contribution in [0.5, 0.6) is 0 Å². The molecule has 2 amide bonds. The van der Waals surface area contributed by atoms with Crippen LogP contribution in [0.15, 0.2) is 48.5 Å². The molecule has 3 fully saturated rings. The molecular formula is C28H32N2O5. The van der Waals surface area contributed by atoms with Gasteiger partial charge < -0.3 is 20.5 Å². The van der Waals surface area contributed by atoms with Crippen LogP contribution >= 0.6 is 0 Å². The zero-order valence-corrected chi connectivity index (χ0v) is 20.0. The Morgan fingerprint density at radius 2 is 1.49 bits per heavy atom. The lowest BCUT2D eigenvalue weighted by atomic mass is 9.57. The van der Waals surface area contributed by atoms with Crippen LogP contribution in [0, 0.1) is 5.41 Å². The number of carboxylic acid groups (broad SMARTS) is 1. The standard InChI is InChI=1S/C28H32N2O5/c1-18(16-24(31)30-28-13-10-27(11-14-28,12-15-28)25(32)33)29-26(34)35-17-23-21-8-4-2-6-19(21)20-7-3-5-9-22(20)23/h2-9,18,23H,10-17H2,1H3,(H,29,34)(H,30,31)(H,32,33)/t18-,27?,28?/m1/s1. The van der Waals surface area contributed by atoms with E-state index in [0.717, 1.165) is 11.1 Å². The minimum atomic E-state index is -0.710. The van der Waals surface area contributed by atoms with E-state index >= 15 is 0 Å². The van der Waals surface area contributed by atoms with Crippen LogP contribution < -0.4 is 10.6 Å². The summed E-state index contributed by atoms with van der Waals surface area (Å²) in [4.78, 5) is 36.9. The van der Waals surface area contributed by atoms with Crippen LogP contribution in [-0.2, 0) is 14.3 Å². The van der Waals surface area contributed by atoms with E-state index in [0.29, 0.717) is 38.5 Å². The van der Waals surface area contributed by atoms with Gasteiger partial charge in [-0.15, -0.1) is 0 Å². The Morgan fingerprint density at radius 3 is 2.03 bits per heavy atom. The third kappa shape index (κ3) is 4.40. The molecule has 0 aliphatic heterocycles. The summed E-state index contributed by atoms with van der Waals surface area (Å²) in [6.45, 7) is 2.02. The van der Waals surface area contributed by atoms with Crippen molar-refractivity contribution in [3.05, 3.63) is 59.7 Å². The number of aliphatic carboxylic acids is 1. The number of carboxylic acids is 1. The van der Waals surface area contributed by atoms with Gasteiger partial charge in [0.15, 0.2) is 0 Å². The van der Waals surface area contributed by atoms with Crippen molar-refractivity contribution in [2.75, 3.05) is 6.61 Å². The fourth-order valence-electron chi connectivity index (χ4n) is 6.21. The third-order valence-electron chi connectivity index (χ3n) is 8.30. The lowest BCUT2D eigenvalue weighted by Gasteiger charge is -2.51. The molecule has 7 heteroatoms. The number of ether oxygens (including phenoxy) is 1. The molecule has 4 aliphatic carbocycles. The highest BCUT2D eigenvalue weighted by Crippen LogP contribution is 2.52. The van der Waals surface area contributed by atoms with Crippen LogP contribution in [0.25, 0.3) is 11.1 Å². The van der Waals surface area contributed by atoms with Gasteiger partial charge in [0.2, 0.25) is 5.91 Å². The van der Waals surface area contributed by atoms with Crippen molar-refractivity contribution in [1.82, 2.24) is 10.6 Å². The van der Waals surface area contributed by atoms with Gasteiger partial charge in [0.1, 0.15) is 6.61 Å². The molecule has 7 nitrogen and oxygen atoms in total. The number of hydrogen-bond donors (Lipinski definition) is 3. The predicted octanol–water partition coefficient (Wildman–Crippen LogP) is 4.60. The molecule has 0 spiro atoms. The van der Waals surface area contributed by atoms with Crippen molar-refractivity contribution in [3.8, 4) is 11.1 Å². The predicted molar refractivity (Wildman–Crippen MR) is 131 cm³/mol. The quantitative estimate of drug-likeness (QED) is 0.542. The molecule has 4 aliphatic rings. The molecule has 1 atom stereocenters. The lowest BCUT2D eigenvalue weighted by Crippen LogP contribution is -2.58. The van der Waals surface area contributed by atoms with Crippen molar-refractivity contribution >= 4 is 18.0 Å². The van der Waals surface area contributed by atoms with Gasteiger partial charge in [0, 0.05) is 23.9 Å². The maximum atomic E-state index is 12.7. The molecule has 0 aromatic heterocycles. The monoisotopic (exact) mass is 476 g/mol. The summed E-state index contributed by atoms with van der Waals surface area (Å²) in [6.07, 6.45) is 3.52. The second kappa shape index (κ2) is 9.02. The van der Waals surface area contributed by atoms with Crippen LogP contribution in [0.4, 0.5) is 4.79 Å². The topological polar surface area (TPSA) is 105 Å². The van der Waals surface area contributed by atoms with E-state index in [2.05, 4.69) is 34.9 Å². The van der Waals surface area contributed by atoms with E-state index in [1.807, 2.05) is 24.3 Å². The number of benzene rings is 2. The van der Waals surface area contributed by atoms with Crippen LogP contribution in [0.1, 0.15) is 68.9 Å². The summed E-state index contributed by atoms with van der Waals surface area (Å²) < 4.78 is 5.59. The van der Waals surface area contributed by atoms with Crippen molar-refractivity contribution in [2.24, 2.45) is 5.41 Å². The van der Waals surface area contributed by atoms with Gasteiger partial charge in [0.05, 0.1) is 5.41 Å². The normalized spacial score (nSPS) is 25.3. The van der Waals surface area contributed by atoms with Crippen molar-refractivity contribution in [1.29, 1.82) is 0 Å². The van der Waals surface area contributed by atoms with Gasteiger partial charge >= 0.3 is 12.1 Å². The molecule has 3 N–H and O–H groups in total.